The van der Waals surface area contributed by atoms with Crippen LogP contribution in [0.3, 0.4) is 0 Å². The van der Waals surface area contributed by atoms with Crippen molar-refractivity contribution < 1.29 is 4.42 Å². The molecule has 0 N–H and O–H groups in total. The van der Waals surface area contributed by atoms with Crippen molar-refractivity contribution in [3.05, 3.63) is 198 Å². The Bertz CT molecular complexity index is 3210. The zero-order chi connectivity index (χ0) is 35.8. The van der Waals surface area contributed by atoms with E-state index < -0.39 is 0 Å². The standard InChI is InChI=1S/C51H31NO2/c53-51-45-13-5-6-18-47(45)54-48-28-25-37(31-46(48)51)34-23-26-40(27-24-34)52-49-41(38-21-19-32-9-1-3-11-35(32)29-38)14-7-16-43(49)44-17-8-15-42(50(44)52)39-22-20-33-10-2-4-12-36(33)30-39/h1-31H. The van der Waals surface area contributed by atoms with Crippen molar-refractivity contribution >= 4 is 65.3 Å². The molecule has 3 heteroatoms. The molecule has 0 aliphatic heterocycles. The van der Waals surface area contributed by atoms with Crippen molar-refractivity contribution in [3.63, 3.8) is 0 Å². The second kappa shape index (κ2) is 11.9. The Hall–Kier alpha value is -7.23. The van der Waals surface area contributed by atoms with Gasteiger partial charge in [-0.05, 0) is 92.3 Å². The van der Waals surface area contributed by atoms with Crippen LogP contribution in [0.2, 0.25) is 0 Å². The van der Waals surface area contributed by atoms with Gasteiger partial charge in [-0.15, -0.1) is 0 Å². The summed E-state index contributed by atoms with van der Waals surface area (Å²) < 4.78 is 8.56. The number of para-hydroxylation sites is 3. The second-order valence-corrected chi connectivity index (χ2v) is 14.0. The predicted molar refractivity (Wildman–Crippen MR) is 226 cm³/mol. The molecular weight excluding hydrogens is 659 g/mol. The van der Waals surface area contributed by atoms with Crippen LogP contribution in [-0.2, 0) is 0 Å². The molecule has 0 radical (unpaired) electrons. The molecule has 9 aromatic carbocycles. The van der Waals surface area contributed by atoms with Crippen LogP contribution in [-0.4, -0.2) is 4.57 Å². The number of aromatic nitrogens is 1. The maximum Gasteiger partial charge on any atom is 0.200 e. The van der Waals surface area contributed by atoms with Gasteiger partial charge in [0.25, 0.3) is 0 Å². The normalized spacial score (nSPS) is 11.8. The monoisotopic (exact) mass is 689 g/mol. The molecule has 0 aliphatic carbocycles. The molecule has 0 bridgehead atoms. The van der Waals surface area contributed by atoms with Gasteiger partial charge in [-0.1, -0.05) is 140 Å². The number of fused-ring (bicyclic) bond motifs is 7. The van der Waals surface area contributed by atoms with E-state index >= 15 is 0 Å². The molecule has 0 aliphatic rings. The molecular formula is C51H31NO2. The molecule has 3 nitrogen and oxygen atoms in total. The summed E-state index contributed by atoms with van der Waals surface area (Å²) in [5.41, 5.74) is 11.3. The van der Waals surface area contributed by atoms with E-state index in [4.69, 9.17) is 4.42 Å². The highest BCUT2D eigenvalue weighted by molar-refractivity contribution is 6.17. The van der Waals surface area contributed by atoms with Crippen LogP contribution < -0.4 is 5.43 Å². The van der Waals surface area contributed by atoms with Crippen LogP contribution in [0.15, 0.2) is 197 Å². The zero-order valence-electron chi connectivity index (χ0n) is 29.2. The fourth-order valence-corrected chi connectivity index (χ4v) is 8.34. The van der Waals surface area contributed by atoms with Gasteiger partial charge in [-0.2, -0.15) is 0 Å². The minimum absolute atomic E-state index is 0.0157. The van der Waals surface area contributed by atoms with Gasteiger partial charge in [-0.3, -0.25) is 4.79 Å². The SMILES string of the molecule is O=c1c2ccccc2oc2ccc(-c3ccc(-n4c5c(-c6ccc7ccccc7c6)cccc5c5cccc(-c6ccc7ccccc7c6)c54)cc3)cc12. The first-order chi connectivity index (χ1) is 26.7. The lowest BCUT2D eigenvalue weighted by atomic mass is 9.98. The summed E-state index contributed by atoms with van der Waals surface area (Å²) in [7, 11) is 0. The molecule has 0 amide bonds. The quantitative estimate of drug-likeness (QED) is 0.172. The van der Waals surface area contributed by atoms with Crippen molar-refractivity contribution in [2.75, 3.05) is 0 Å². The topological polar surface area (TPSA) is 35.1 Å². The van der Waals surface area contributed by atoms with Crippen molar-refractivity contribution in [2.24, 2.45) is 0 Å². The Labute approximate surface area is 310 Å². The van der Waals surface area contributed by atoms with Crippen LogP contribution >= 0.6 is 0 Å². The Kier molecular flexibility index (Phi) is 6.70. The van der Waals surface area contributed by atoms with E-state index in [2.05, 4.69) is 150 Å². The molecule has 0 fully saturated rings. The molecule has 0 spiro atoms. The highest BCUT2D eigenvalue weighted by Gasteiger charge is 2.20. The molecule has 0 saturated heterocycles. The van der Waals surface area contributed by atoms with E-state index in [1.54, 1.807) is 0 Å². The number of nitrogens with zero attached hydrogens (tertiary/aromatic N) is 1. The Morgan fingerprint density at radius 2 is 0.852 bits per heavy atom. The van der Waals surface area contributed by atoms with Crippen LogP contribution in [0.25, 0.3) is 104 Å². The van der Waals surface area contributed by atoms with Gasteiger partial charge in [0.1, 0.15) is 11.2 Å². The first-order valence-corrected chi connectivity index (χ1v) is 18.3. The second-order valence-electron chi connectivity index (χ2n) is 14.0. The van der Waals surface area contributed by atoms with E-state index in [0.29, 0.717) is 21.9 Å². The molecule has 2 aromatic heterocycles. The molecule has 2 heterocycles. The summed E-state index contributed by atoms with van der Waals surface area (Å²) in [4.78, 5) is 13.5. The van der Waals surface area contributed by atoms with E-state index in [1.807, 2.05) is 42.5 Å². The van der Waals surface area contributed by atoms with Crippen LogP contribution in [0.5, 0.6) is 0 Å². The van der Waals surface area contributed by atoms with E-state index in [-0.39, 0.29) is 5.43 Å². The Balaban J connectivity index is 1.15. The summed E-state index contributed by atoms with van der Waals surface area (Å²) in [5.74, 6) is 0. The maximum absolute atomic E-state index is 13.5. The van der Waals surface area contributed by atoms with Gasteiger partial charge in [0, 0.05) is 27.6 Å². The molecule has 252 valence electrons. The minimum Gasteiger partial charge on any atom is -0.456 e. The van der Waals surface area contributed by atoms with Crippen LogP contribution in [0, 0.1) is 0 Å². The average molecular weight is 690 g/mol. The maximum atomic E-state index is 13.5. The summed E-state index contributed by atoms with van der Waals surface area (Å²) in [6, 6.07) is 66.0. The van der Waals surface area contributed by atoms with Crippen molar-refractivity contribution in [1.29, 1.82) is 0 Å². The minimum atomic E-state index is -0.0157. The first-order valence-electron chi connectivity index (χ1n) is 18.3. The first kappa shape index (κ1) is 30.4. The van der Waals surface area contributed by atoms with Gasteiger partial charge in [-0.25, -0.2) is 0 Å². The van der Waals surface area contributed by atoms with Gasteiger partial charge < -0.3 is 8.98 Å². The summed E-state index contributed by atoms with van der Waals surface area (Å²) in [5, 5.41) is 8.46. The molecule has 11 aromatic rings. The molecule has 11 rings (SSSR count). The predicted octanol–water partition coefficient (Wildman–Crippen LogP) is 13.4. The lowest BCUT2D eigenvalue weighted by molar-refractivity contribution is 0.660. The highest BCUT2D eigenvalue weighted by atomic mass is 16.3. The lowest BCUT2D eigenvalue weighted by Crippen LogP contribution is -2.02. The zero-order valence-corrected chi connectivity index (χ0v) is 29.2. The van der Waals surface area contributed by atoms with E-state index in [9.17, 15) is 4.79 Å². The molecule has 0 unspecified atom stereocenters. The third-order valence-electron chi connectivity index (χ3n) is 11.0. The average Bonchev–Trinajstić information content (AvgIpc) is 3.58. The third kappa shape index (κ3) is 4.72. The number of hydrogen-bond donors (Lipinski definition) is 0. The Morgan fingerprint density at radius 1 is 0.352 bits per heavy atom. The highest BCUT2D eigenvalue weighted by Crippen LogP contribution is 2.43. The Morgan fingerprint density at radius 3 is 1.48 bits per heavy atom. The van der Waals surface area contributed by atoms with E-state index in [1.165, 1.54) is 65.6 Å². The summed E-state index contributed by atoms with van der Waals surface area (Å²) in [6.07, 6.45) is 0. The van der Waals surface area contributed by atoms with Crippen molar-refractivity contribution in [3.8, 4) is 39.1 Å². The molecule has 54 heavy (non-hydrogen) atoms. The fourth-order valence-electron chi connectivity index (χ4n) is 8.34. The van der Waals surface area contributed by atoms with Gasteiger partial charge in [0.15, 0.2) is 0 Å². The molecule has 0 saturated carbocycles. The number of benzene rings is 9. The lowest BCUT2D eigenvalue weighted by Gasteiger charge is -2.15. The van der Waals surface area contributed by atoms with Crippen molar-refractivity contribution in [2.45, 2.75) is 0 Å². The van der Waals surface area contributed by atoms with Crippen LogP contribution in [0.1, 0.15) is 0 Å². The van der Waals surface area contributed by atoms with Crippen LogP contribution in [0.4, 0.5) is 0 Å². The summed E-state index contributed by atoms with van der Waals surface area (Å²) in [6.45, 7) is 0. The van der Waals surface area contributed by atoms with Crippen molar-refractivity contribution in [1.82, 2.24) is 4.57 Å². The largest absolute Gasteiger partial charge is 0.456 e. The number of rotatable bonds is 4. The fraction of sp³-hybridized carbons (Fsp3) is 0. The third-order valence-corrected chi connectivity index (χ3v) is 11.0. The number of hydrogen-bond acceptors (Lipinski definition) is 2. The summed E-state index contributed by atoms with van der Waals surface area (Å²) >= 11 is 0. The van der Waals surface area contributed by atoms with Gasteiger partial charge >= 0.3 is 0 Å². The smallest absolute Gasteiger partial charge is 0.200 e. The van der Waals surface area contributed by atoms with Gasteiger partial charge in [0.05, 0.1) is 21.8 Å². The van der Waals surface area contributed by atoms with Gasteiger partial charge in [0.2, 0.25) is 5.43 Å². The van der Waals surface area contributed by atoms with E-state index in [0.717, 1.165) is 16.8 Å². The molecule has 0 atom stereocenters.